The Morgan fingerprint density at radius 3 is 2.38 bits per heavy atom. The van der Waals surface area contributed by atoms with Gasteiger partial charge in [-0.05, 0) is 55.5 Å². The van der Waals surface area contributed by atoms with E-state index >= 15 is 0 Å². The minimum atomic E-state index is -1.11. The van der Waals surface area contributed by atoms with Crippen molar-refractivity contribution in [3.05, 3.63) is 94.6 Å². The first-order valence-electron chi connectivity index (χ1n) is 16.6. The number of phenolic OH excluding ortho intramolecular Hbond substituents is 1. The molecule has 50 heavy (non-hydrogen) atoms. The number of nitrogens with one attached hydrogen (secondary N) is 5. The van der Waals surface area contributed by atoms with Crippen molar-refractivity contribution in [3.8, 4) is 5.75 Å². The molecule has 2 atom stereocenters. The number of urea groups is 1. The van der Waals surface area contributed by atoms with Crippen LogP contribution in [0.2, 0.25) is 0 Å². The number of phenols is 1. The quantitative estimate of drug-likeness (QED) is 0.0632. The van der Waals surface area contributed by atoms with Crippen LogP contribution in [-0.4, -0.2) is 66.0 Å². The number of aliphatic imine (C=N–C) groups is 1. The first-order valence-corrected chi connectivity index (χ1v) is 16.6. The van der Waals surface area contributed by atoms with Crippen molar-refractivity contribution in [2.24, 2.45) is 16.5 Å². The Labute approximate surface area is 289 Å². The summed E-state index contributed by atoms with van der Waals surface area (Å²) in [6, 6.07) is 14.2. The molecule has 268 valence electrons. The molecule has 4 rings (SSSR count). The standard InChI is InChI=1S/C35H45F2N9O4/c1-2-40-35(50)45-34(39)42-15-7-13-30(32(48)43-19-25-27(36)17-24(47)18-28(25)37)44-33(49)31(22-9-4-3-5-10-22)46-20-23-11-6-12-29(26(23)21-46)41-16-8-14-38/h3-6,9-12,17-18,30-31,41,47H,2,7-8,13-16,19-21,38H2,1H3,(H,43,48)(H,44,49)(H4,39,40,42,45,50)/t30-,31+/m1/s1. The molecular formula is C35H45F2N9O4. The summed E-state index contributed by atoms with van der Waals surface area (Å²) in [6.45, 7) is 4.04. The number of carbonyl (C=O) groups is 3. The summed E-state index contributed by atoms with van der Waals surface area (Å²) < 4.78 is 28.9. The SMILES string of the molecule is CCNC(=O)/N=C(/N)NCCC[C@@H](NC(=O)[C@H](c1ccccc1)N1Cc2cccc(NCCCN)c2C1)C(=O)NCc1c(F)cc(O)cc1F. The molecule has 4 amide bonds. The average molecular weight is 694 g/mol. The number of nitrogens with two attached hydrogens (primary N) is 2. The van der Waals surface area contributed by atoms with Crippen LogP contribution in [0.5, 0.6) is 5.75 Å². The van der Waals surface area contributed by atoms with Gasteiger partial charge in [0.2, 0.25) is 11.8 Å². The van der Waals surface area contributed by atoms with Gasteiger partial charge in [0.15, 0.2) is 5.96 Å². The summed E-state index contributed by atoms with van der Waals surface area (Å²) in [7, 11) is 0. The van der Waals surface area contributed by atoms with Gasteiger partial charge in [0.1, 0.15) is 29.5 Å². The number of carbonyl (C=O) groups excluding carboxylic acids is 3. The van der Waals surface area contributed by atoms with E-state index in [2.05, 4.69) is 31.6 Å². The summed E-state index contributed by atoms with van der Waals surface area (Å²) in [4.78, 5) is 45.2. The maximum absolute atomic E-state index is 14.4. The number of fused-ring (bicyclic) bond motifs is 1. The Morgan fingerprint density at radius 1 is 0.940 bits per heavy atom. The van der Waals surface area contributed by atoms with Crippen LogP contribution in [0.25, 0.3) is 0 Å². The van der Waals surface area contributed by atoms with Gasteiger partial charge in [0.25, 0.3) is 0 Å². The number of amides is 4. The molecule has 0 spiro atoms. The molecule has 0 radical (unpaired) electrons. The first-order chi connectivity index (χ1) is 24.1. The summed E-state index contributed by atoms with van der Waals surface area (Å²) in [5.41, 5.74) is 14.9. The number of rotatable bonds is 16. The number of aromatic hydroxyl groups is 1. The third-order valence-electron chi connectivity index (χ3n) is 8.16. The van der Waals surface area contributed by atoms with E-state index in [-0.39, 0.29) is 18.9 Å². The van der Waals surface area contributed by atoms with Crippen molar-refractivity contribution in [1.82, 2.24) is 26.2 Å². The molecule has 3 aromatic carbocycles. The van der Waals surface area contributed by atoms with Crippen LogP contribution >= 0.6 is 0 Å². The highest BCUT2D eigenvalue weighted by molar-refractivity contribution is 5.92. The molecule has 0 saturated carbocycles. The monoisotopic (exact) mass is 693 g/mol. The number of hydrogen-bond donors (Lipinski definition) is 8. The molecule has 3 aromatic rings. The van der Waals surface area contributed by atoms with Gasteiger partial charge in [-0.3, -0.25) is 14.5 Å². The van der Waals surface area contributed by atoms with Crippen LogP contribution in [0.15, 0.2) is 65.7 Å². The lowest BCUT2D eigenvalue weighted by molar-refractivity contribution is -0.132. The Bertz CT molecular complexity index is 1640. The fourth-order valence-corrected chi connectivity index (χ4v) is 5.72. The second-order valence-electron chi connectivity index (χ2n) is 11.8. The van der Waals surface area contributed by atoms with Crippen molar-refractivity contribution in [2.45, 2.75) is 57.9 Å². The number of nitrogens with zero attached hydrogens (tertiary/aromatic N) is 2. The van der Waals surface area contributed by atoms with E-state index in [4.69, 9.17) is 11.5 Å². The van der Waals surface area contributed by atoms with E-state index in [1.165, 1.54) is 0 Å². The van der Waals surface area contributed by atoms with E-state index in [9.17, 15) is 28.3 Å². The van der Waals surface area contributed by atoms with Crippen LogP contribution in [-0.2, 0) is 29.2 Å². The fraction of sp³-hybridized carbons (Fsp3) is 0.371. The highest BCUT2D eigenvalue weighted by atomic mass is 19.1. The topological polar surface area (TPSA) is 199 Å². The second-order valence-corrected chi connectivity index (χ2v) is 11.8. The lowest BCUT2D eigenvalue weighted by Gasteiger charge is -2.29. The lowest BCUT2D eigenvalue weighted by Crippen LogP contribution is -2.50. The number of halogens is 2. The summed E-state index contributed by atoms with van der Waals surface area (Å²) in [5.74, 6) is -3.86. The van der Waals surface area contributed by atoms with Crippen LogP contribution in [0.1, 0.15) is 54.5 Å². The molecule has 0 saturated heterocycles. The molecule has 0 fully saturated rings. The number of benzene rings is 3. The Morgan fingerprint density at radius 2 is 1.68 bits per heavy atom. The molecule has 10 N–H and O–H groups in total. The molecular weight excluding hydrogens is 648 g/mol. The van der Waals surface area contributed by atoms with Crippen LogP contribution in [0.4, 0.5) is 19.3 Å². The van der Waals surface area contributed by atoms with Gasteiger partial charge < -0.3 is 43.2 Å². The summed E-state index contributed by atoms with van der Waals surface area (Å²) in [6.07, 6.45) is 1.21. The van der Waals surface area contributed by atoms with Gasteiger partial charge in [-0.15, -0.1) is 0 Å². The van der Waals surface area contributed by atoms with E-state index in [0.717, 1.165) is 40.9 Å². The van der Waals surface area contributed by atoms with Crippen molar-refractivity contribution in [1.29, 1.82) is 0 Å². The molecule has 1 aliphatic heterocycles. The second kappa shape index (κ2) is 18.5. The van der Waals surface area contributed by atoms with E-state index < -0.39 is 59.4 Å². The molecule has 1 aliphatic rings. The number of guanidine groups is 1. The first kappa shape index (κ1) is 37.5. The highest BCUT2D eigenvalue weighted by Crippen LogP contribution is 2.35. The van der Waals surface area contributed by atoms with Gasteiger partial charge in [0.05, 0.1) is 0 Å². The van der Waals surface area contributed by atoms with Crippen molar-refractivity contribution < 1.29 is 28.3 Å². The number of hydrogen-bond acceptors (Lipinski definition) is 7. The zero-order chi connectivity index (χ0) is 36.0. The van der Waals surface area contributed by atoms with Crippen molar-refractivity contribution in [3.63, 3.8) is 0 Å². The van der Waals surface area contributed by atoms with Crippen LogP contribution < -0.4 is 38.1 Å². The number of anilines is 1. The third kappa shape index (κ3) is 10.4. The van der Waals surface area contributed by atoms with Gasteiger partial charge in [-0.1, -0.05) is 42.5 Å². The minimum absolute atomic E-state index is 0.108. The normalized spacial score (nSPS) is 14.0. The summed E-state index contributed by atoms with van der Waals surface area (Å²) >= 11 is 0. The highest BCUT2D eigenvalue weighted by Gasteiger charge is 2.35. The predicted octanol–water partition coefficient (Wildman–Crippen LogP) is 2.70. The Balaban J connectivity index is 1.53. The Hall–Kier alpha value is -5.28. The molecule has 0 bridgehead atoms. The minimum Gasteiger partial charge on any atom is -0.508 e. The van der Waals surface area contributed by atoms with E-state index in [1.807, 2.05) is 53.4 Å². The zero-order valence-corrected chi connectivity index (χ0v) is 28.0. The zero-order valence-electron chi connectivity index (χ0n) is 28.0. The fourth-order valence-electron chi connectivity index (χ4n) is 5.72. The average Bonchev–Trinajstić information content (AvgIpc) is 3.50. The van der Waals surface area contributed by atoms with Gasteiger partial charge in [0, 0.05) is 62.7 Å². The van der Waals surface area contributed by atoms with E-state index in [0.29, 0.717) is 39.1 Å². The Kier molecular flexibility index (Phi) is 13.9. The molecule has 13 nitrogen and oxygen atoms in total. The molecule has 0 aromatic heterocycles. The van der Waals surface area contributed by atoms with E-state index in [1.54, 1.807) is 6.92 Å². The summed E-state index contributed by atoms with van der Waals surface area (Å²) in [5, 5.41) is 23.7. The van der Waals surface area contributed by atoms with Gasteiger partial charge >= 0.3 is 6.03 Å². The van der Waals surface area contributed by atoms with Crippen molar-refractivity contribution in [2.75, 3.05) is 31.5 Å². The third-order valence-corrected chi connectivity index (χ3v) is 8.16. The largest absolute Gasteiger partial charge is 0.508 e. The van der Waals surface area contributed by atoms with Crippen LogP contribution in [0, 0.1) is 11.6 Å². The van der Waals surface area contributed by atoms with Crippen molar-refractivity contribution >= 4 is 29.5 Å². The lowest BCUT2D eigenvalue weighted by atomic mass is 10.0. The maximum Gasteiger partial charge on any atom is 0.344 e. The molecule has 15 heteroatoms. The molecule has 0 unspecified atom stereocenters. The van der Waals surface area contributed by atoms with Crippen LogP contribution in [0.3, 0.4) is 0 Å². The smallest absolute Gasteiger partial charge is 0.344 e. The predicted molar refractivity (Wildman–Crippen MR) is 187 cm³/mol. The molecule has 1 heterocycles. The molecule has 0 aliphatic carbocycles. The maximum atomic E-state index is 14.4. The van der Waals surface area contributed by atoms with Gasteiger partial charge in [-0.25, -0.2) is 13.6 Å². The van der Waals surface area contributed by atoms with Gasteiger partial charge in [-0.2, -0.15) is 4.99 Å².